The summed E-state index contributed by atoms with van der Waals surface area (Å²) in [5.74, 6) is -0.570. The molecule has 1 aromatic heterocycles. The van der Waals surface area contributed by atoms with Crippen LogP contribution in [-0.4, -0.2) is 46.8 Å². The van der Waals surface area contributed by atoms with E-state index in [0.717, 1.165) is 16.8 Å². The van der Waals surface area contributed by atoms with Crippen molar-refractivity contribution in [2.24, 2.45) is 7.05 Å². The van der Waals surface area contributed by atoms with Crippen LogP contribution in [0.1, 0.15) is 17.5 Å². The van der Waals surface area contributed by atoms with Crippen LogP contribution in [-0.2, 0) is 27.9 Å². The highest BCUT2D eigenvalue weighted by Crippen LogP contribution is 2.14. The first-order valence-corrected chi connectivity index (χ1v) is 8.09. The highest BCUT2D eigenvalue weighted by Gasteiger charge is 2.18. The number of amides is 2. The summed E-state index contributed by atoms with van der Waals surface area (Å²) in [5.41, 5.74) is 2.58. The van der Waals surface area contributed by atoms with Crippen LogP contribution < -0.4 is 5.32 Å². The maximum atomic E-state index is 12.5. The van der Waals surface area contributed by atoms with E-state index in [4.69, 9.17) is 4.74 Å². The molecule has 2 rings (SSSR count). The van der Waals surface area contributed by atoms with Gasteiger partial charge in [0.1, 0.15) is 6.42 Å². The first kappa shape index (κ1) is 18.7. The molecule has 0 aliphatic rings. The number of carbonyl (C=O) groups is 2. The van der Waals surface area contributed by atoms with Crippen LogP contribution in [0, 0.1) is 6.92 Å². The van der Waals surface area contributed by atoms with Crippen LogP contribution in [0.2, 0.25) is 0 Å². The molecule has 25 heavy (non-hydrogen) atoms. The average molecular weight is 344 g/mol. The highest BCUT2D eigenvalue weighted by molar-refractivity contribution is 6.03. The zero-order chi connectivity index (χ0) is 18.2. The van der Waals surface area contributed by atoms with Crippen LogP contribution in [0.4, 0.5) is 5.69 Å². The molecule has 1 aromatic carbocycles. The molecular formula is C18H24N4O3. The number of aromatic nitrogens is 2. The molecule has 0 atom stereocenters. The Labute approximate surface area is 147 Å². The van der Waals surface area contributed by atoms with Crippen molar-refractivity contribution in [3.05, 3.63) is 47.8 Å². The lowest BCUT2D eigenvalue weighted by atomic mass is 10.2. The van der Waals surface area contributed by atoms with Gasteiger partial charge < -0.3 is 15.0 Å². The fourth-order valence-electron chi connectivity index (χ4n) is 2.42. The van der Waals surface area contributed by atoms with E-state index in [1.54, 1.807) is 22.9 Å². The second-order valence-corrected chi connectivity index (χ2v) is 5.87. The molecule has 0 aliphatic carbocycles. The van der Waals surface area contributed by atoms with Gasteiger partial charge in [0.2, 0.25) is 11.8 Å². The highest BCUT2D eigenvalue weighted by atomic mass is 16.5. The average Bonchev–Trinajstić information content (AvgIpc) is 2.98. The molecule has 7 nitrogen and oxygen atoms in total. The fraction of sp³-hybridized carbons (Fsp3) is 0.389. The molecule has 1 heterocycles. The van der Waals surface area contributed by atoms with Gasteiger partial charge in [-0.25, -0.2) is 0 Å². The maximum absolute atomic E-state index is 12.5. The molecule has 0 fully saturated rings. The van der Waals surface area contributed by atoms with Crippen molar-refractivity contribution in [3.8, 4) is 0 Å². The Morgan fingerprint density at radius 1 is 1.32 bits per heavy atom. The van der Waals surface area contributed by atoms with E-state index in [-0.39, 0.29) is 18.2 Å². The van der Waals surface area contributed by atoms with Crippen molar-refractivity contribution in [2.45, 2.75) is 19.9 Å². The van der Waals surface area contributed by atoms with Crippen molar-refractivity contribution >= 4 is 17.5 Å². The Hall–Kier alpha value is -2.67. The summed E-state index contributed by atoms with van der Waals surface area (Å²) in [6, 6.07) is 7.47. The van der Waals surface area contributed by atoms with Crippen molar-refractivity contribution in [2.75, 3.05) is 25.6 Å². The summed E-state index contributed by atoms with van der Waals surface area (Å²) in [6.07, 6.45) is 3.35. The van der Waals surface area contributed by atoms with Crippen LogP contribution in [0.25, 0.3) is 0 Å². The molecule has 0 saturated carbocycles. The van der Waals surface area contributed by atoms with Crippen molar-refractivity contribution in [1.29, 1.82) is 0 Å². The monoisotopic (exact) mass is 344 g/mol. The lowest BCUT2D eigenvalue weighted by molar-refractivity contribution is -0.135. The van der Waals surface area contributed by atoms with E-state index in [1.807, 2.05) is 44.4 Å². The quantitative estimate of drug-likeness (QED) is 0.740. The Morgan fingerprint density at radius 2 is 2.08 bits per heavy atom. The zero-order valence-corrected chi connectivity index (χ0v) is 14.9. The van der Waals surface area contributed by atoms with Gasteiger partial charge in [-0.05, 0) is 18.6 Å². The largest absolute Gasteiger partial charge is 0.383 e. The Balaban J connectivity index is 1.97. The lowest BCUT2D eigenvalue weighted by Crippen LogP contribution is -2.35. The minimum atomic E-state index is -0.326. The molecule has 0 bridgehead atoms. The van der Waals surface area contributed by atoms with Crippen LogP contribution in [0.5, 0.6) is 0 Å². The van der Waals surface area contributed by atoms with Gasteiger partial charge in [-0.1, -0.05) is 18.2 Å². The van der Waals surface area contributed by atoms with E-state index < -0.39 is 0 Å². The topological polar surface area (TPSA) is 76.5 Å². The number of anilines is 1. The zero-order valence-electron chi connectivity index (χ0n) is 14.9. The maximum Gasteiger partial charge on any atom is 0.233 e. The minimum Gasteiger partial charge on any atom is -0.383 e. The predicted molar refractivity (Wildman–Crippen MR) is 94.9 cm³/mol. The smallest absolute Gasteiger partial charge is 0.233 e. The fourth-order valence-corrected chi connectivity index (χ4v) is 2.42. The molecule has 7 heteroatoms. The number of para-hydroxylation sites is 1. The van der Waals surface area contributed by atoms with Gasteiger partial charge in [0, 0.05) is 44.7 Å². The number of benzene rings is 1. The first-order chi connectivity index (χ1) is 12.0. The summed E-state index contributed by atoms with van der Waals surface area (Å²) in [7, 11) is 3.40. The Bertz CT molecular complexity index is 727. The third-order valence-electron chi connectivity index (χ3n) is 3.78. The third-order valence-corrected chi connectivity index (χ3v) is 3.78. The molecule has 2 amide bonds. The lowest BCUT2D eigenvalue weighted by Gasteiger charge is -2.21. The van der Waals surface area contributed by atoms with E-state index in [9.17, 15) is 9.59 Å². The van der Waals surface area contributed by atoms with Crippen molar-refractivity contribution in [1.82, 2.24) is 14.7 Å². The molecule has 0 unspecified atom stereocenters. The summed E-state index contributed by atoms with van der Waals surface area (Å²) < 4.78 is 6.75. The van der Waals surface area contributed by atoms with Crippen LogP contribution in [0.3, 0.4) is 0 Å². The van der Waals surface area contributed by atoms with Gasteiger partial charge in [0.15, 0.2) is 0 Å². The van der Waals surface area contributed by atoms with Gasteiger partial charge >= 0.3 is 0 Å². The van der Waals surface area contributed by atoms with E-state index in [2.05, 4.69) is 10.4 Å². The summed E-state index contributed by atoms with van der Waals surface area (Å²) in [5, 5.41) is 6.89. The van der Waals surface area contributed by atoms with Crippen LogP contribution in [0.15, 0.2) is 36.7 Å². The normalized spacial score (nSPS) is 10.5. The van der Waals surface area contributed by atoms with Crippen LogP contribution >= 0.6 is 0 Å². The number of rotatable bonds is 8. The number of methoxy groups -OCH3 is 1. The molecule has 0 saturated heterocycles. The number of aryl methyl sites for hydroxylation is 2. The number of nitrogens with zero attached hydrogens (tertiary/aromatic N) is 3. The first-order valence-electron chi connectivity index (χ1n) is 8.09. The Kier molecular flexibility index (Phi) is 6.71. The number of ether oxygens (including phenoxy) is 1. The summed E-state index contributed by atoms with van der Waals surface area (Å²) in [6.45, 7) is 3.13. The summed E-state index contributed by atoms with van der Waals surface area (Å²) >= 11 is 0. The van der Waals surface area contributed by atoms with Gasteiger partial charge in [-0.2, -0.15) is 5.10 Å². The Morgan fingerprint density at radius 3 is 2.72 bits per heavy atom. The standard InChI is InChI=1S/C18H24N4O3/c1-14-6-4-5-7-16(14)20-17(23)10-18(24)22(8-9-25-3)13-15-11-19-21(2)12-15/h4-7,11-12H,8-10,13H2,1-3H3,(H,20,23). The predicted octanol–water partition coefficient (Wildman–Crippen LogP) is 1.73. The SMILES string of the molecule is COCCN(Cc1cnn(C)c1)C(=O)CC(=O)Nc1ccccc1C. The van der Waals surface area contributed by atoms with E-state index in [1.165, 1.54) is 0 Å². The molecule has 134 valence electrons. The van der Waals surface area contributed by atoms with Crippen molar-refractivity contribution in [3.63, 3.8) is 0 Å². The van der Waals surface area contributed by atoms with Crippen molar-refractivity contribution < 1.29 is 14.3 Å². The second-order valence-electron chi connectivity index (χ2n) is 5.87. The molecule has 0 aliphatic heterocycles. The molecule has 2 aromatic rings. The molecule has 0 radical (unpaired) electrons. The number of carbonyl (C=O) groups excluding carboxylic acids is 2. The third kappa shape index (κ3) is 5.72. The van der Waals surface area contributed by atoms with Gasteiger partial charge in [-0.3, -0.25) is 14.3 Å². The van der Waals surface area contributed by atoms with Gasteiger partial charge in [-0.15, -0.1) is 0 Å². The van der Waals surface area contributed by atoms with Gasteiger partial charge in [0.25, 0.3) is 0 Å². The van der Waals surface area contributed by atoms with E-state index >= 15 is 0 Å². The number of hydrogen-bond acceptors (Lipinski definition) is 4. The van der Waals surface area contributed by atoms with Gasteiger partial charge in [0.05, 0.1) is 12.8 Å². The van der Waals surface area contributed by atoms with E-state index in [0.29, 0.717) is 19.7 Å². The number of hydrogen-bond donors (Lipinski definition) is 1. The molecule has 0 spiro atoms. The summed E-state index contributed by atoms with van der Waals surface area (Å²) in [4.78, 5) is 26.3. The molecular weight excluding hydrogens is 320 g/mol. The number of nitrogens with one attached hydrogen (secondary N) is 1. The minimum absolute atomic E-state index is 0.210. The molecule has 1 N–H and O–H groups in total. The second kappa shape index (κ2) is 8.98.